The highest BCUT2D eigenvalue weighted by molar-refractivity contribution is 6.05. The number of anilines is 6. The molecule has 1 heterocycles. The van der Waals surface area contributed by atoms with Crippen molar-refractivity contribution in [3.05, 3.63) is 148 Å². The van der Waals surface area contributed by atoms with Gasteiger partial charge in [0.25, 0.3) is 17.7 Å². The van der Waals surface area contributed by atoms with Crippen LogP contribution in [0, 0.1) is 5.41 Å². The van der Waals surface area contributed by atoms with E-state index in [4.69, 9.17) is 30.2 Å². The Kier molecular flexibility index (Phi) is 44.9. The van der Waals surface area contributed by atoms with Gasteiger partial charge in [-0.25, -0.2) is 28.8 Å². The Morgan fingerprint density at radius 3 is 1.23 bits per heavy atom. The standard InChI is InChI=1S/C90H124N18O25/c1-8-56-57(9-2)64-48-95-85(126)102-69-19-16-53(80(121)93-35-37-130-39-41-132-43-44-133-42-40-131-38-36-100-108-92)45-72(69)106-88(129)98-51-67-60(12-5)63(59(11-4)66(62(67)14-7)50-97-87(128)105-71-46-54(15-18-68(71)101-83(91)124)81(122)99-52-89(28-21-74(109)110,29-22-75(111)112)30-23-76(113)114)27-34-94-84(125)104-73-47-55(17-20-70(73)103-86(127)96-49-65(58(56)10-3)61(64)13-6)82(123)107-90(31-24-77(115)116,32-25-78(117)118)33-26-79(119)120/h15-20,45-47H,8-14,21-44,48-52H2,1-7H3,(H,93,121)(H,99,122)(H,107,123)(H,109,110)(H,111,112)(H,113,114)(H,115,116)(H,117,118)(H,119,120)(H3,91,101,124)(H2,94,104,125)(H2,95,102,126)(H2,96,103,127)(H2,97,105,128)(H2,98,106,129). The molecule has 1 aliphatic rings. The lowest BCUT2D eigenvalue weighted by atomic mass is 9.75. The SMILES string of the molecule is CCc1c(CC)c2c(CC)c(c1CC)CNC(=O)Nc1ccc(C(=O)NCCOCCOCCOCCOCCN=[N+]=[N-])cc1NC(=O)NCc1c(CC)c(c(CC)c(CNC(=O)Nc3cc(C(=O)NCC(CCC(=O)O)(CCC(=O)O)CCC(=O)O)ccc3NC(N)=O)c1CC)CCNC(=O)Nc1cc(C(=O)NC(CCC(=O)O)(CCC(=O)O)CCC(=O)O)ccc1NC(=O)NC2. The Hall–Kier alpha value is -13.9. The fourth-order valence-corrected chi connectivity index (χ4v) is 16.3. The molecule has 0 atom stereocenters. The first-order valence-electron chi connectivity index (χ1n) is 44.2. The molecule has 0 aromatic heterocycles. The highest BCUT2D eigenvalue weighted by Gasteiger charge is 2.37. The summed E-state index contributed by atoms with van der Waals surface area (Å²) in [5.74, 6) is -10.0. The van der Waals surface area contributed by atoms with Gasteiger partial charge in [0.05, 0.1) is 87.0 Å². The number of urea groups is 6. The normalized spacial score (nSPS) is 12.7. The maximum atomic E-state index is 14.9. The second-order valence-corrected chi connectivity index (χ2v) is 31.3. The van der Waals surface area contributed by atoms with E-state index in [9.17, 15) is 103 Å². The molecule has 0 saturated heterocycles. The summed E-state index contributed by atoms with van der Waals surface area (Å²) in [5, 5.41) is 101. The molecule has 5 aromatic carbocycles. The molecule has 6 rings (SSSR count). The Labute approximate surface area is 768 Å². The molecule has 1 aliphatic heterocycles. The number of rotatable bonds is 50. The van der Waals surface area contributed by atoms with Crippen molar-refractivity contribution in [1.82, 2.24) is 42.5 Å². The van der Waals surface area contributed by atoms with Crippen molar-refractivity contribution >= 4 is 124 Å². The average molecular weight is 1860 g/mol. The van der Waals surface area contributed by atoms with Crippen LogP contribution in [0.1, 0.15) is 223 Å². The molecule has 5 aromatic rings. The summed E-state index contributed by atoms with van der Waals surface area (Å²) in [7, 11) is 0. The Bertz CT molecular complexity index is 4950. The Morgan fingerprint density at radius 1 is 0.414 bits per heavy atom. The zero-order valence-electron chi connectivity index (χ0n) is 76.0. The van der Waals surface area contributed by atoms with Crippen molar-refractivity contribution in [3.8, 4) is 0 Å². The molecular weight excluding hydrogens is 1730 g/mol. The number of hydrogen-bond donors (Lipinski definition) is 21. The van der Waals surface area contributed by atoms with E-state index in [1.165, 1.54) is 54.6 Å². The minimum absolute atomic E-state index is 0.0220. The number of fused-ring (bicyclic) bond motifs is 6. The molecule has 43 heteroatoms. The highest BCUT2D eigenvalue weighted by atomic mass is 16.6. The van der Waals surface area contributed by atoms with Gasteiger partial charge in [0.1, 0.15) is 0 Å². The van der Waals surface area contributed by atoms with Crippen molar-refractivity contribution in [3.63, 3.8) is 0 Å². The molecule has 724 valence electrons. The van der Waals surface area contributed by atoms with Gasteiger partial charge >= 0.3 is 72.0 Å². The molecule has 15 amide bonds. The quantitative estimate of drug-likeness (QED) is 0.00744. The number of benzene rings is 5. The number of carbonyl (C=O) groups excluding carboxylic acids is 9. The topological polar surface area (TPSA) is 658 Å². The number of nitrogens with one attached hydrogen (secondary N) is 14. The monoisotopic (exact) mass is 1860 g/mol. The summed E-state index contributed by atoms with van der Waals surface area (Å²) in [6, 6.07) is 6.59. The third kappa shape index (κ3) is 34.7. The largest absolute Gasteiger partial charge is 0.481 e. The van der Waals surface area contributed by atoms with E-state index in [0.717, 1.165) is 33.4 Å². The van der Waals surface area contributed by atoms with Crippen LogP contribution < -0.4 is 80.2 Å². The van der Waals surface area contributed by atoms with Crippen LogP contribution in [-0.4, -0.2) is 205 Å². The van der Waals surface area contributed by atoms with Gasteiger partial charge in [-0.2, -0.15) is 0 Å². The second kappa shape index (κ2) is 55.3. The molecule has 0 spiro atoms. The van der Waals surface area contributed by atoms with Gasteiger partial charge in [-0.15, -0.1) is 0 Å². The number of carboxylic acid groups (broad SMARTS) is 6. The predicted molar refractivity (Wildman–Crippen MR) is 491 cm³/mol. The third-order valence-corrected chi connectivity index (χ3v) is 22.7. The number of hydrogen-bond acceptors (Lipinski definition) is 20. The number of nitrogens with two attached hydrogens (primary N) is 1. The van der Waals surface area contributed by atoms with E-state index in [1.54, 1.807) is 0 Å². The summed E-state index contributed by atoms with van der Waals surface area (Å²) in [5.41, 5.74) is 19.3. The first-order valence-corrected chi connectivity index (χ1v) is 44.2. The van der Waals surface area contributed by atoms with Gasteiger partial charge in [-0.05, 0) is 222 Å². The molecule has 0 radical (unpaired) electrons. The van der Waals surface area contributed by atoms with E-state index in [1.807, 2.05) is 48.5 Å². The summed E-state index contributed by atoms with van der Waals surface area (Å²) in [4.78, 5) is 203. The fourth-order valence-electron chi connectivity index (χ4n) is 16.3. The zero-order chi connectivity index (χ0) is 97.7. The van der Waals surface area contributed by atoms with Crippen molar-refractivity contribution in [2.45, 2.75) is 209 Å². The van der Waals surface area contributed by atoms with Crippen LogP contribution in [0.5, 0.6) is 0 Å². The molecule has 22 N–H and O–H groups in total. The summed E-state index contributed by atoms with van der Waals surface area (Å²) in [6.07, 6.45) is -2.06. The van der Waals surface area contributed by atoms with E-state index < -0.39 is 139 Å². The third-order valence-electron chi connectivity index (χ3n) is 22.7. The van der Waals surface area contributed by atoms with E-state index in [-0.39, 0.29) is 200 Å². The minimum atomic E-state index is -1.69. The summed E-state index contributed by atoms with van der Waals surface area (Å²) < 4.78 is 22.1. The van der Waals surface area contributed by atoms with Gasteiger partial charge in [0.2, 0.25) is 0 Å². The first-order chi connectivity index (χ1) is 63.6. The van der Waals surface area contributed by atoms with Crippen LogP contribution in [0.25, 0.3) is 10.4 Å². The smallest absolute Gasteiger partial charge is 0.319 e. The fraction of sp³-hybridized carbons (Fsp3) is 0.500. The molecule has 0 fully saturated rings. The second-order valence-electron chi connectivity index (χ2n) is 31.3. The summed E-state index contributed by atoms with van der Waals surface area (Å²) in [6.45, 7) is 14.5. The van der Waals surface area contributed by atoms with Crippen LogP contribution in [0.3, 0.4) is 0 Å². The van der Waals surface area contributed by atoms with Gasteiger partial charge < -0.3 is 130 Å². The molecule has 4 bridgehead atoms. The minimum Gasteiger partial charge on any atom is -0.481 e. The van der Waals surface area contributed by atoms with Gasteiger partial charge in [-0.3, -0.25) is 43.2 Å². The van der Waals surface area contributed by atoms with Crippen molar-refractivity contribution < 1.29 is 122 Å². The number of carbonyl (C=O) groups is 15. The highest BCUT2D eigenvalue weighted by Crippen LogP contribution is 2.38. The van der Waals surface area contributed by atoms with Gasteiger partial charge in [0.15, 0.2) is 0 Å². The first kappa shape index (κ1) is 108. The number of amides is 15. The maximum absolute atomic E-state index is 14.9. The number of aliphatic carboxylic acids is 6. The van der Waals surface area contributed by atoms with Crippen molar-refractivity contribution in [2.75, 3.05) is 111 Å². The van der Waals surface area contributed by atoms with Gasteiger partial charge in [-0.1, -0.05) is 53.6 Å². The molecular formula is C90H124N18O25. The number of ether oxygens (including phenoxy) is 4. The van der Waals surface area contributed by atoms with Crippen LogP contribution >= 0.6 is 0 Å². The van der Waals surface area contributed by atoms with E-state index in [0.29, 0.717) is 78.9 Å². The molecule has 0 aliphatic carbocycles. The maximum Gasteiger partial charge on any atom is 0.319 e. The lowest BCUT2D eigenvalue weighted by Crippen LogP contribution is -2.49. The lowest BCUT2D eigenvalue weighted by Gasteiger charge is -2.34. The number of carboxylic acids is 6. The zero-order valence-corrected chi connectivity index (χ0v) is 76.0. The van der Waals surface area contributed by atoms with Crippen LogP contribution in [0.15, 0.2) is 59.7 Å². The number of azide groups is 1. The van der Waals surface area contributed by atoms with Gasteiger partial charge in [0, 0.05) is 118 Å². The van der Waals surface area contributed by atoms with E-state index in [2.05, 4.69) is 84.5 Å². The number of primary amides is 1. The molecule has 0 unspecified atom stereocenters. The lowest BCUT2D eigenvalue weighted by molar-refractivity contribution is -0.140. The molecule has 133 heavy (non-hydrogen) atoms. The summed E-state index contributed by atoms with van der Waals surface area (Å²) >= 11 is 0. The van der Waals surface area contributed by atoms with E-state index >= 15 is 0 Å². The average Bonchev–Trinajstić information content (AvgIpc) is 0.792. The van der Waals surface area contributed by atoms with Crippen LogP contribution in [-0.2, 0) is 125 Å². The van der Waals surface area contributed by atoms with Crippen LogP contribution in [0.4, 0.5) is 62.9 Å². The number of nitrogens with zero attached hydrogens (tertiary/aromatic N) is 3. The molecule has 0 saturated carbocycles. The Balaban J connectivity index is 1.46. The van der Waals surface area contributed by atoms with Crippen molar-refractivity contribution in [1.29, 1.82) is 0 Å². The van der Waals surface area contributed by atoms with Crippen molar-refractivity contribution in [2.24, 2.45) is 16.3 Å². The van der Waals surface area contributed by atoms with Crippen LogP contribution in [0.2, 0.25) is 0 Å². The predicted octanol–water partition coefficient (Wildman–Crippen LogP) is 10.6. The Morgan fingerprint density at radius 2 is 0.789 bits per heavy atom. The molecule has 43 nitrogen and oxygen atoms in total.